The number of carbonyl (C=O) groups excluding carboxylic acids is 1. The van der Waals surface area contributed by atoms with Gasteiger partial charge in [0.15, 0.2) is 6.61 Å². The van der Waals surface area contributed by atoms with Crippen molar-refractivity contribution in [1.82, 2.24) is 4.90 Å². The molecule has 0 atom stereocenters. The summed E-state index contributed by atoms with van der Waals surface area (Å²) in [4.78, 5) is 24.7. The fraction of sp³-hybridized carbons (Fsp3) is 0.263. The maximum absolute atomic E-state index is 12.6. The van der Waals surface area contributed by atoms with Gasteiger partial charge in [-0.25, -0.2) is 4.79 Å². The molecular weight excluding hydrogens is 306 g/mol. The van der Waals surface area contributed by atoms with Crippen LogP contribution in [0.15, 0.2) is 42.5 Å². The van der Waals surface area contributed by atoms with Gasteiger partial charge in [0.25, 0.3) is 5.91 Å². The van der Waals surface area contributed by atoms with E-state index in [0.29, 0.717) is 17.9 Å². The van der Waals surface area contributed by atoms with E-state index in [1.807, 2.05) is 44.2 Å². The average Bonchev–Trinajstić information content (AvgIpc) is 2.55. The lowest BCUT2D eigenvalue weighted by Crippen LogP contribution is -2.26. The Balaban J connectivity index is 2.03. The van der Waals surface area contributed by atoms with Crippen molar-refractivity contribution < 1.29 is 19.4 Å². The summed E-state index contributed by atoms with van der Waals surface area (Å²) >= 11 is 0. The third-order valence-corrected chi connectivity index (χ3v) is 3.68. The topological polar surface area (TPSA) is 66.8 Å². The maximum Gasteiger partial charge on any atom is 0.341 e. The lowest BCUT2D eigenvalue weighted by Gasteiger charge is -2.19. The molecule has 5 nitrogen and oxygen atoms in total. The number of nitrogens with zero attached hydrogens (tertiary/aromatic N) is 1. The normalized spacial score (nSPS) is 10.3. The van der Waals surface area contributed by atoms with Gasteiger partial charge in [-0.1, -0.05) is 29.8 Å². The molecule has 0 fully saturated rings. The number of carboxylic acids is 1. The molecule has 0 unspecified atom stereocenters. The molecule has 0 aliphatic heterocycles. The minimum atomic E-state index is -1.02. The Hall–Kier alpha value is -2.82. The monoisotopic (exact) mass is 327 g/mol. The van der Waals surface area contributed by atoms with E-state index in [1.165, 1.54) is 0 Å². The predicted octanol–water partition coefficient (Wildman–Crippen LogP) is 3.04. The van der Waals surface area contributed by atoms with Crippen LogP contribution in [-0.4, -0.2) is 35.5 Å². The van der Waals surface area contributed by atoms with Gasteiger partial charge in [0.05, 0.1) is 0 Å². The zero-order valence-electron chi connectivity index (χ0n) is 14.1. The highest BCUT2D eigenvalue weighted by atomic mass is 16.5. The van der Waals surface area contributed by atoms with Crippen molar-refractivity contribution in [2.24, 2.45) is 0 Å². The number of carbonyl (C=O) groups is 2. The van der Waals surface area contributed by atoms with Gasteiger partial charge in [0.2, 0.25) is 0 Å². The second kappa shape index (κ2) is 7.64. The average molecular weight is 327 g/mol. The van der Waals surface area contributed by atoms with E-state index >= 15 is 0 Å². The summed E-state index contributed by atoms with van der Waals surface area (Å²) in [6.07, 6.45) is 0. The number of ether oxygens (including phenoxy) is 1. The zero-order valence-corrected chi connectivity index (χ0v) is 14.1. The Morgan fingerprint density at radius 3 is 2.38 bits per heavy atom. The van der Waals surface area contributed by atoms with Gasteiger partial charge in [-0.15, -0.1) is 0 Å². The lowest BCUT2D eigenvalue weighted by molar-refractivity contribution is -0.139. The van der Waals surface area contributed by atoms with E-state index in [-0.39, 0.29) is 12.5 Å². The van der Waals surface area contributed by atoms with Crippen molar-refractivity contribution >= 4 is 11.9 Å². The number of carboxylic acid groups (broad SMARTS) is 1. The van der Waals surface area contributed by atoms with Crippen LogP contribution in [0, 0.1) is 13.8 Å². The van der Waals surface area contributed by atoms with Gasteiger partial charge in [0, 0.05) is 19.2 Å². The van der Waals surface area contributed by atoms with Crippen LogP contribution in [0.2, 0.25) is 0 Å². The first-order valence-corrected chi connectivity index (χ1v) is 7.63. The quantitative estimate of drug-likeness (QED) is 0.885. The van der Waals surface area contributed by atoms with Gasteiger partial charge < -0.3 is 14.7 Å². The molecule has 0 spiro atoms. The predicted molar refractivity (Wildman–Crippen MR) is 91.3 cm³/mol. The molecule has 0 aliphatic carbocycles. The van der Waals surface area contributed by atoms with Gasteiger partial charge >= 0.3 is 5.97 Å². The second-order valence-corrected chi connectivity index (χ2v) is 5.81. The summed E-state index contributed by atoms with van der Waals surface area (Å²) in [5.74, 6) is -0.551. The number of aliphatic carboxylic acids is 1. The Kier molecular flexibility index (Phi) is 5.58. The molecule has 0 heterocycles. The Labute approximate surface area is 141 Å². The third kappa shape index (κ3) is 4.59. The van der Waals surface area contributed by atoms with Crippen LogP contribution in [0.5, 0.6) is 5.75 Å². The summed E-state index contributed by atoms with van der Waals surface area (Å²) < 4.78 is 5.09. The van der Waals surface area contributed by atoms with Crippen LogP contribution in [0.4, 0.5) is 0 Å². The molecule has 0 aromatic heterocycles. The Bertz CT molecular complexity index is 738. The van der Waals surface area contributed by atoms with Crippen LogP contribution in [0.3, 0.4) is 0 Å². The van der Waals surface area contributed by atoms with Gasteiger partial charge in [-0.3, -0.25) is 4.79 Å². The van der Waals surface area contributed by atoms with Crippen LogP contribution in [0.25, 0.3) is 0 Å². The summed E-state index contributed by atoms with van der Waals surface area (Å²) in [5, 5.41) is 8.59. The zero-order chi connectivity index (χ0) is 17.7. The summed E-state index contributed by atoms with van der Waals surface area (Å²) in [6.45, 7) is 3.98. The fourth-order valence-corrected chi connectivity index (χ4v) is 2.35. The van der Waals surface area contributed by atoms with Crippen molar-refractivity contribution in [1.29, 1.82) is 0 Å². The highest BCUT2D eigenvalue weighted by Crippen LogP contribution is 2.16. The van der Waals surface area contributed by atoms with Crippen molar-refractivity contribution in [2.75, 3.05) is 13.7 Å². The SMILES string of the molecule is Cc1ccc(C)c(C(=O)N(C)Cc2ccc(OCC(=O)O)cc2)c1. The molecular formula is C19H21NO4. The molecule has 0 bridgehead atoms. The number of hydrogen-bond donors (Lipinski definition) is 1. The summed E-state index contributed by atoms with van der Waals surface area (Å²) in [7, 11) is 1.76. The molecule has 24 heavy (non-hydrogen) atoms. The highest BCUT2D eigenvalue weighted by molar-refractivity contribution is 5.95. The van der Waals surface area contributed by atoms with Crippen LogP contribution < -0.4 is 4.74 Å². The standard InChI is InChI=1S/C19H21NO4/c1-13-4-5-14(2)17(10-13)19(23)20(3)11-15-6-8-16(9-7-15)24-12-18(21)22/h4-10H,11-12H2,1-3H3,(H,21,22). The largest absolute Gasteiger partial charge is 0.482 e. The molecule has 1 amide bonds. The Morgan fingerprint density at radius 2 is 1.75 bits per heavy atom. The number of amides is 1. The molecule has 1 N–H and O–H groups in total. The van der Waals surface area contributed by atoms with Gasteiger partial charge in [-0.05, 0) is 43.2 Å². The number of benzene rings is 2. The van der Waals surface area contributed by atoms with Crippen LogP contribution >= 0.6 is 0 Å². The molecule has 5 heteroatoms. The highest BCUT2D eigenvalue weighted by Gasteiger charge is 2.14. The molecule has 0 aliphatic rings. The molecule has 2 aromatic rings. The molecule has 0 saturated heterocycles. The first-order valence-electron chi connectivity index (χ1n) is 7.63. The molecule has 126 valence electrons. The number of hydrogen-bond acceptors (Lipinski definition) is 3. The lowest BCUT2D eigenvalue weighted by atomic mass is 10.0. The molecule has 2 aromatic carbocycles. The van der Waals surface area contributed by atoms with E-state index in [1.54, 1.807) is 24.1 Å². The first kappa shape index (κ1) is 17.5. The van der Waals surface area contributed by atoms with Gasteiger partial charge in [-0.2, -0.15) is 0 Å². The van der Waals surface area contributed by atoms with Crippen molar-refractivity contribution in [3.63, 3.8) is 0 Å². The van der Waals surface area contributed by atoms with Crippen molar-refractivity contribution in [2.45, 2.75) is 20.4 Å². The minimum Gasteiger partial charge on any atom is -0.482 e. The van der Waals surface area contributed by atoms with Crippen molar-refractivity contribution in [3.8, 4) is 5.75 Å². The van der Waals surface area contributed by atoms with E-state index < -0.39 is 5.97 Å². The molecule has 2 rings (SSSR count). The summed E-state index contributed by atoms with van der Waals surface area (Å²) in [6, 6.07) is 12.9. The minimum absolute atomic E-state index is 0.0256. The van der Waals surface area contributed by atoms with E-state index in [0.717, 1.165) is 16.7 Å². The van der Waals surface area contributed by atoms with E-state index in [4.69, 9.17) is 9.84 Å². The van der Waals surface area contributed by atoms with Crippen LogP contribution in [-0.2, 0) is 11.3 Å². The maximum atomic E-state index is 12.6. The van der Waals surface area contributed by atoms with Gasteiger partial charge in [0.1, 0.15) is 5.75 Å². The number of aryl methyl sites for hydroxylation is 2. The first-order chi connectivity index (χ1) is 11.4. The number of rotatable bonds is 6. The molecule has 0 saturated carbocycles. The smallest absolute Gasteiger partial charge is 0.341 e. The molecule has 0 radical (unpaired) electrons. The van der Waals surface area contributed by atoms with Crippen molar-refractivity contribution in [3.05, 3.63) is 64.7 Å². The summed E-state index contributed by atoms with van der Waals surface area (Å²) in [5.41, 5.74) is 3.66. The second-order valence-electron chi connectivity index (χ2n) is 5.81. The fourth-order valence-electron chi connectivity index (χ4n) is 2.35. The van der Waals surface area contributed by atoms with E-state index in [9.17, 15) is 9.59 Å². The third-order valence-electron chi connectivity index (χ3n) is 3.68. The van der Waals surface area contributed by atoms with Crippen LogP contribution in [0.1, 0.15) is 27.0 Å². The van der Waals surface area contributed by atoms with E-state index in [2.05, 4.69) is 0 Å². The Morgan fingerprint density at radius 1 is 1.08 bits per heavy atom.